The summed E-state index contributed by atoms with van der Waals surface area (Å²) in [6, 6.07) is 17.7. The molecule has 0 fully saturated rings. The zero-order chi connectivity index (χ0) is 24.8. The van der Waals surface area contributed by atoms with Crippen molar-refractivity contribution in [1.82, 2.24) is 4.98 Å². The second kappa shape index (κ2) is 10.9. The zero-order valence-corrected chi connectivity index (χ0v) is 20.3. The number of nitro benzene ring substituents is 1. The second-order valence-electron chi connectivity index (χ2n) is 7.26. The highest BCUT2D eigenvalue weighted by atomic mass is 32.1. The minimum absolute atomic E-state index is 0.0202. The maximum atomic E-state index is 11.0. The van der Waals surface area contributed by atoms with Gasteiger partial charge in [0, 0.05) is 35.7 Å². The van der Waals surface area contributed by atoms with E-state index in [2.05, 4.69) is 4.98 Å². The molecule has 0 saturated carbocycles. The number of ketones is 1. The molecule has 0 N–H and O–H groups in total. The monoisotopic (exact) mass is 495 g/mol. The van der Waals surface area contributed by atoms with Crippen LogP contribution in [0.25, 0.3) is 21.7 Å². The van der Waals surface area contributed by atoms with Gasteiger partial charge in [0.2, 0.25) is 0 Å². The molecule has 4 rings (SSSR count). The van der Waals surface area contributed by atoms with E-state index in [1.807, 2.05) is 44.2 Å². The Bertz CT molecular complexity index is 1340. The average Bonchev–Trinajstić information content (AvgIpc) is 3.47. The number of non-ortho nitro benzene ring substituents is 1. The minimum atomic E-state index is -0.489. The minimum Gasteiger partial charge on any atom is -0.293 e. The van der Waals surface area contributed by atoms with Crippen LogP contribution in [0.4, 0.5) is 10.7 Å². The lowest BCUT2D eigenvalue weighted by Crippen LogP contribution is -1.90. The number of nitro groups is 2. The fourth-order valence-electron chi connectivity index (χ4n) is 3.04. The number of thiazole rings is 1. The van der Waals surface area contributed by atoms with Crippen LogP contribution >= 0.6 is 22.7 Å². The van der Waals surface area contributed by atoms with E-state index in [1.54, 1.807) is 30.4 Å². The van der Waals surface area contributed by atoms with Crippen molar-refractivity contribution in [2.45, 2.75) is 27.2 Å². The number of carbonyl (C=O) groups is 1. The van der Waals surface area contributed by atoms with Gasteiger partial charge in [-0.15, -0.1) is 11.3 Å². The van der Waals surface area contributed by atoms with E-state index in [4.69, 9.17) is 0 Å². The number of aryl methyl sites for hydroxylation is 2. The lowest BCUT2D eigenvalue weighted by atomic mass is 10.1. The number of rotatable bonds is 6. The molecule has 0 amide bonds. The first-order valence-electron chi connectivity index (χ1n) is 10.3. The summed E-state index contributed by atoms with van der Waals surface area (Å²) in [5, 5.41) is 22.2. The number of Topliss-reactive ketones (excluding diaryl/α,β-unsaturated/α-hetero) is 1. The van der Waals surface area contributed by atoms with Crippen LogP contribution in [0.2, 0.25) is 0 Å². The van der Waals surface area contributed by atoms with E-state index in [0.29, 0.717) is 11.3 Å². The van der Waals surface area contributed by atoms with Crippen LogP contribution < -0.4 is 0 Å². The largest absolute Gasteiger partial charge is 0.324 e. The van der Waals surface area contributed by atoms with Crippen molar-refractivity contribution in [2.24, 2.45) is 0 Å². The van der Waals surface area contributed by atoms with Gasteiger partial charge in [-0.05, 0) is 19.9 Å². The predicted molar refractivity (Wildman–Crippen MR) is 135 cm³/mol. The number of nitrogens with zero attached hydrogens (tertiary/aromatic N) is 3. The predicted octanol–water partition coefficient (Wildman–Crippen LogP) is 7.25. The van der Waals surface area contributed by atoms with Gasteiger partial charge in [-0.25, -0.2) is 4.98 Å². The average molecular weight is 496 g/mol. The third-order valence-corrected chi connectivity index (χ3v) is 6.84. The van der Waals surface area contributed by atoms with E-state index in [-0.39, 0.29) is 21.4 Å². The fourth-order valence-corrected chi connectivity index (χ4v) is 4.81. The molecule has 0 saturated heterocycles. The van der Waals surface area contributed by atoms with Gasteiger partial charge in [0.05, 0.1) is 30.3 Å². The first-order chi connectivity index (χ1) is 16.2. The number of hydrogen-bond donors (Lipinski definition) is 0. The third-order valence-electron chi connectivity index (χ3n) is 4.75. The molecule has 0 atom stereocenters. The standard InChI is InChI=1S/C17H14N2O2S.C7H7NO3S/c1-11-6-8-13(9-7-11)16-17(22-12(2)18-16)14-4-3-5-15(10-14)19(20)21;1-2-5(9)6-3-4-7(12-6)8(10)11/h3-10H,1-2H3;3-4H,2H2,1H3. The van der Waals surface area contributed by atoms with Crippen LogP contribution in [0.1, 0.15) is 33.6 Å². The van der Waals surface area contributed by atoms with E-state index in [1.165, 1.54) is 23.8 Å². The lowest BCUT2D eigenvalue weighted by Gasteiger charge is -2.03. The Hall–Kier alpha value is -3.76. The van der Waals surface area contributed by atoms with Crippen molar-refractivity contribution in [2.75, 3.05) is 0 Å². The molecular formula is C24H21N3O5S2. The van der Waals surface area contributed by atoms with Gasteiger partial charge < -0.3 is 0 Å². The van der Waals surface area contributed by atoms with E-state index >= 15 is 0 Å². The quantitative estimate of drug-likeness (QED) is 0.158. The fraction of sp³-hybridized carbons (Fsp3) is 0.167. The molecule has 0 bridgehead atoms. The van der Waals surface area contributed by atoms with Crippen LogP contribution in [-0.4, -0.2) is 20.6 Å². The first-order valence-corrected chi connectivity index (χ1v) is 11.9. The first kappa shape index (κ1) is 24.9. The number of thiophene rings is 1. The maximum absolute atomic E-state index is 11.0. The van der Waals surface area contributed by atoms with Gasteiger partial charge in [0.1, 0.15) is 0 Å². The number of aromatic nitrogens is 1. The smallest absolute Gasteiger partial charge is 0.293 e. The topological polar surface area (TPSA) is 116 Å². The molecule has 0 aliphatic carbocycles. The van der Waals surface area contributed by atoms with Crippen LogP contribution in [0.15, 0.2) is 60.7 Å². The summed E-state index contributed by atoms with van der Waals surface area (Å²) in [6.45, 7) is 5.72. The molecule has 4 aromatic rings. The molecular weight excluding hydrogens is 474 g/mol. The van der Waals surface area contributed by atoms with Crippen LogP contribution in [-0.2, 0) is 0 Å². The molecule has 8 nitrogen and oxygen atoms in total. The van der Waals surface area contributed by atoms with Gasteiger partial charge >= 0.3 is 5.00 Å². The third kappa shape index (κ3) is 5.97. The van der Waals surface area contributed by atoms with E-state index in [9.17, 15) is 25.0 Å². The SMILES string of the molecule is CCC(=O)c1ccc([N+](=O)[O-])s1.Cc1ccc(-c2nc(C)sc2-c2cccc([N+](=O)[O-])c2)cc1. The zero-order valence-electron chi connectivity index (χ0n) is 18.7. The Morgan fingerprint density at radius 2 is 1.62 bits per heavy atom. The highest BCUT2D eigenvalue weighted by molar-refractivity contribution is 7.17. The molecule has 0 aliphatic heterocycles. The van der Waals surface area contributed by atoms with Gasteiger partial charge in [0.25, 0.3) is 5.69 Å². The van der Waals surface area contributed by atoms with Gasteiger partial charge in [-0.3, -0.25) is 25.0 Å². The van der Waals surface area contributed by atoms with Gasteiger partial charge in [-0.2, -0.15) is 0 Å². The summed E-state index contributed by atoms with van der Waals surface area (Å²) in [6.07, 6.45) is 0.387. The Balaban J connectivity index is 0.000000229. The molecule has 10 heteroatoms. The molecule has 0 aliphatic rings. The van der Waals surface area contributed by atoms with Crippen molar-refractivity contribution < 1.29 is 14.6 Å². The number of carbonyl (C=O) groups excluding carboxylic acids is 1. The van der Waals surface area contributed by atoms with Crippen molar-refractivity contribution in [3.05, 3.63) is 96.3 Å². The van der Waals surface area contributed by atoms with E-state index < -0.39 is 4.92 Å². The highest BCUT2D eigenvalue weighted by Crippen LogP contribution is 2.37. The van der Waals surface area contributed by atoms with Crippen molar-refractivity contribution >= 4 is 39.1 Å². The molecule has 2 aromatic heterocycles. The second-order valence-corrected chi connectivity index (χ2v) is 9.52. The summed E-state index contributed by atoms with van der Waals surface area (Å²) < 4.78 is 0. The molecule has 174 valence electrons. The lowest BCUT2D eigenvalue weighted by molar-refractivity contribution is -0.384. The van der Waals surface area contributed by atoms with Crippen LogP contribution in [0.5, 0.6) is 0 Å². The Labute approximate surface area is 203 Å². The molecule has 0 radical (unpaired) electrons. The highest BCUT2D eigenvalue weighted by Gasteiger charge is 2.16. The Morgan fingerprint density at radius 3 is 2.21 bits per heavy atom. The summed E-state index contributed by atoms with van der Waals surface area (Å²) >= 11 is 2.48. The molecule has 2 aromatic carbocycles. The molecule has 34 heavy (non-hydrogen) atoms. The molecule has 0 spiro atoms. The van der Waals surface area contributed by atoms with Crippen LogP contribution in [0.3, 0.4) is 0 Å². The Kier molecular flexibility index (Phi) is 7.98. The summed E-state index contributed by atoms with van der Waals surface area (Å²) in [7, 11) is 0. The maximum Gasteiger partial charge on any atom is 0.324 e. The summed E-state index contributed by atoms with van der Waals surface area (Å²) in [5.74, 6) is -0.0481. The summed E-state index contributed by atoms with van der Waals surface area (Å²) in [5.41, 5.74) is 4.01. The van der Waals surface area contributed by atoms with Gasteiger partial charge in [0.15, 0.2) is 5.78 Å². The van der Waals surface area contributed by atoms with Crippen molar-refractivity contribution in [3.63, 3.8) is 0 Å². The van der Waals surface area contributed by atoms with Gasteiger partial charge in [-0.1, -0.05) is 60.2 Å². The summed E-state index contributed by atoms with van der Waals surface area (Å²) in [4.78, 5) is 37.4. The van der Waals surface area contributed by atoms with Crippen molar-refractivity contribution in [1.29, 1.82) is 0 Å². The molecule has 0 unspecified atom stereocenters. The number of benzene rings is 2. The molecule has 2 heterocycles. The number of hydrogen-bond acceptors (Lipinski definition) is 8. The van der Waals surface area contributed by atoms with Crippen LogP contribution in [0, 0.1) is 34.1 Å². The van der Waals surface area contributed by atoms with E-state index in [0.717, 1.165) is 38.0 Å². The normalized spacial score (nSPS) is 10.3. The van der Waals surface area contributed by atoms with Crippen molar-refractivity contribution in [3.8, 4) is 21.7 Å². The Morgan fingerprint density at radius 1 is 0.912 bits per heavy atom.